The van der Waals surface area contributed by atoms with E-state index in [0.29, 0.717) is 39.6 Å². The monoisotopic (exact) mass is 417 g/mol. The van der Waals surface area contributed by atoms with Gasteiger partial charge < -0.3 is 42.9 Å². The van der Waals surface area contributed by atoms with E-state index < -0.39 is 11.9 Å². The summed E-state index contributed by atoms with van der Waals surface area (Å²) in [6, 6.07) is 0. The first kappa shape index (κ1) is 22.9. The molecule has 0 aliphatic carbocycles. The first-order chi connectivity index (χ1) is 14.2. The second-order valence-electron chi connectivity index (χ2n) is 5.66. The highest BCUT2D eigenvalue weighted by atomic mass is 16.6. The molecule has 0 spiro atoms. The van der Waals surface area contributed by atoms with Crippen molar-refractivity contribution in [3.05, 3.63) is 11.4 Å². The first-order valence-corrected chi connectivity index (χ1v) is 9.18. The maximum Gasteiger partial charge on any atom is 0.358 e. The smallest absolute Gasteiger partial charge is 0.358 e. The van der Waals surface area contributed by atoms with Crippen molar-refractivity contribution in [2.24, 2.45) is 0 Å². The normalized spacial score (nSPS) is 17.6. The Morgan fingerprint density at radius 2 is 0.931 bits per heavy atom. The van der Waals surface area contributed by atoms with Crippen LogP contribution in [0.15, 0.2) is 0 Å². The van der Waals surface area contributed by atoms with Crippen LogP contribution in [0, 0.1) is 0 Å². The van der Waals surface area contributed by atoms with Gasteiger partial charge in [0.25, 0.3) is 0 Å². The van der Waals surface area contributed by atoms with Gasteiger partial charge in [-0.25, -0.2) is 9.59 Å². The Labute approximate surface area is 168 Å². The van der Waals surface area contributed by atoms with Gasteiger partial charge in [-0.05, 0) is 0 Å². The molecule has 0 saturated carbocycles. The molecular weight excluding hydrogens is 390 g/mol. The summed E-state index contributed by atoms with van der Waals surface area (Å²) in [6.07, 6.45) is 0. The van der Waals surface area contributed by atoms with Gasteiger partial charge in [0, 0.05) is 0 Å². The van der Waals surface area contributed by atoms with E-state index in [2.05, 4.69) is 4.98 Å². The summed E-state index contributed by atoms with van der Waals surface area (Å²) >= 11 is 0. The number of hydrogen-bond donors (Lipinski definition) is 1. The average molecular weight is 417 g/mol. The summed E-state index contributed by atoms with van der Waals surface area (Å²) in [6.45, 7) is 3.21. The molecule has 0 aromatic carbocycles. The van der Waals surface area contributed by atoms with E-state index in [4.69, 9.17) is 37.9 Å². The minimum atomic E-state index is -0.718. The zero-order valence-electron chi connectivity index (χ0n) is 16.7. The van der Waals surface area contributed by atoms with Gasteiger partial charge in [0.05, 0.1) is 67.1 Å². The fourth-order valence-electron chi connectivity index (χ4n) is 2.40. The van der Waals surface area contributed by atoms with Crippen LogP contribution in [0.2, 0.25) is 0 Å². The van der Waals surface area contributed by atoms with Crippen LogP contribution in [0.25, 0.3) is 0 Å². The van der Waals surface area contributed by atoms with E-state index in [0.717, 1.165) is 0 Å². The number of rotatable bonds is 2. The van der Waals surface area contributed by atoms with Crippen molar-refractivity contribution in [3.8, 4) is 11.5 Å². The second-order valence-corrected chi connectivity index (χ2v) is 5.66. The maximum atomic E-state index is 12.1. The lowest BCUT2D eigenvalue weighted by Crippen LogP contribution is -2.16. The number of aromatic amines is 1. The Balaban J connectivity index is 2.17. The molecule has 0 fully saturated rings. The number of methoxy groups -OCH3 is 2. The molecule has 11 heteroatoms. The highest BCUT2D eigenvalue weighted by Gasteiger charge is 2.29. The number of carbonyl (C=O) groups is 2. The van der Waals surface area contributed by atoms with Crippen molar-refractivity contribution < 1.29 is 47.5 Å². The zero-order chi connectivity index (χ0) is 20.9. The number of hydrogen-bond acceptors (Lipinski definition) is 10. The highest BCUT2D eigenvalue weighted by Crippen LogP contribution is 2.36. The molecule has 0 atom stereocenters. The van der Waals surface area contributed by atoms with Crippen LogP contribution in [-0.2, 0) is 28.4 Å². The third-order valence-corrected chi connectivity index (χ3v) is 3.75. The number of H-pyrrole nitrogens is 1. The Bertz CT molecular complexity index is 592. The first-order valence-electron chi connectivity index (χ1n) is 9.18. The number of nitrogens with one attached hydrogen (secondary N) is 1. The molecule has 29 heavy (non-hydrogen) atoms. The molecule has 11 nitrogen and oxygen atoms in total. The van der Waals surface area contributed by atoms with E-state index in [1.165, 1.54) is 14.2 Å². The van der Waals surface area contributed by atoms with Gasteiger partial charge in [-0.1, -0.05) is 0 Å². The lowest BCUT2D eigenvalue weighted by atomic mass is 10.3. The summed E-state index contributed by atoms with van der Waals surface area (Å²) in [5.41, 5.74) is -0.120. The van der Waals surface area contributed by atoms with E-state index >= 15 is 0 Å². The summed E-state index contributed by atoms with van der Waals surface area (Å²) < 4.78 is 42.4. The van der Waals surface area contributed by atoms with Crippen LogP contribution in [0.4, 0.5) is 0 Å². The van der Waals surface area contributed by atoms with E-state index in [9.17, 15) is 9.59 Å². The molecule has 0 amide bonds. The van der Waals surface area contributed by atoms with Gasteiger partial charge in [0.1, 0.15) is 13.2 Å². The molecule has 2 rings (SSSR count). The fraction of sp³-hybridized carbons (Fsp3) is 0.667. The third-order valence-electron chi connectivity index (χ3n) is 3.75. The Hall–Kier alpha value is -2.34. The molecule has 0 radical (unpaired) electrons. The van der Waals surface area contributed by atoms with Crippen LogP contribution < -0.4 is 9.47 Å². The molecule has 164 valence electrons. The van der Waals surface area contributed by atoms with Gasteiger partial charge in [0.2, 0.25) is 0 Å². The molecule has 0 saturated heterocycles. The maximum absolute atomic E-state index is 12.1. The van der Waals surface area contributed by atoms with Gasteiger partial charge >= 0.3 is 11.9 Å². The second kappa shape index (κ2) is 13.0. The molecular formula is C18H27NO10. The van der Waals surface area contributed by atoms with E-state index in [1.54, 1.807) is 0 Å². The predicted molar refractivity (Wildman–Crippen MR) is 97.7 cm³/mol. The fourth-order valence-corrected chi connectivity index (χ4v) is 2.40. The Morgan fingerprint density at radius 1 is 0.621 bits per heavy atom. The Kier molecular flexibility index (Phi) is 10.3. The highest BCUT2D eigenvalue weighted by molar-refractivity contribution is 5.98. The van der Waals surface area contributed by atoms with Gasteiger partial charge in [-0.15, -0.1) is 0 Å². The van der Waals surface area contributed by atoms with E-state index in [1.807, 2.05) is 0 Å². The number of aromatic nitrogens is 1. The molecule has 1 aromatic rings. The van der Waals surface area contributed by atoms with Crippen LogP contribution in [0.1, 0.15) is 21.0 Å². The molecule has 1 N–H and O–H groups in total. The molecule has 1 aromatic heterocycles. The lowest BCUT2D eigenvalue weighted by molar-refractivity contribution is -0.00848. The largest absolute Gasteiger partial charge is 0.485 e. The minimum Gasteiger partial charge on any atom is -0.485 e. The van der Waals surface area contributed by atoms with Crippen molar-refractivity contribution in [3.63, 3.8) is 0 Å². The molecule has 0 unspecified atom stereocenters. The van der Waals surface area contributed by atoms with Crippen LogP contribution in [0.3, 0.4) is 0 Å². The third kappa shape index (κ3) is 7.20. The number of fused-ring (bicyclic) bond motifs is 1. The summed E-state index contributed by atoms with van der Waals surface area (Å²) in [4.78, 5) is 26.9. The summed E-state index contributed by atoms with van der Waals surface area (Å²) in [5.74, 6) is -1.35. The zero-order valence-corrected chi connectivity index (χ0v) is 16.7. The van der Waals surface area contributed by atoms with Crippen molar-refractivity contribution in [2.45, 2.75) is 0 Å². The standard InChI is InChI=1S/C18H27NO10/c1-22-17(20)13-15-16(14(19-13)18(21)23-2)29-12-10-27-8-6-25-4-3-24-5-7-26-9-11-28-15/h19H,3-12H2,1-2H3. The van der Waals surface area contributed by atoms with Gasteiger partial charge in [0.15, 0.2) is 22.9 Å². The lowest BCUT2D eigenvalue weighted by Gasteiger charge is -2.13. The molecule has 0 bridgehead atoms. The van der Waals surface area contributed by atoms with Crippen LogP contribution in [0.5, 0.6) is 11.5 Å². The van der Waals surface area contributed by atoms with Gasteiger partial charge in [-0.3, -0.25) is 0 Å². The quantitative estimate of drug-likeness (QED) is 0.677. The number of esters is 2. The SMILES string of the molecule is COC(=O)c1[nH]c(C(=O)OC)c2c1OCCOCCOCCOCCOCCO2. The predicted octanol–water partition coefficient (Wildman–Crippen LogP) is 0.426. The topological polar surface area (TPSA) is 124 Å². The average Bonchev–Trinajstić information content (AvgIpc) is 3.10. The van der Waals surface area contributed by atoms with Gasteiger partial charge in [-0.2, -0.15) is 0 Å². The van der Waals surface area contributed by atoms with Crippen LogP contribution >= 0.6 is 0 Å². The van der Waals surface area contributed by atoms with Crippen LogP contribution in [-0.4, -0.2) is 97.2 Å². The minimum absolute atomic E-state index is 0.0431. The van der Waals surface area contributed by atoms with Crippen molar-refractivity contribution in [1.82, 2.24) is 4.98 Å². The molecule has 1 aliphatic heterocycles. The number of carbonyl (C=O) groups excluding carboxylic acids is 2. The van der Waals surface area contributed by atoms with Crippen molar-refractivity contribution >= 4 is 11.9 Å². The molecule has 2 heterocycles. The summed E-state index contributed by atoms with van der Waals surface area (Å²) in [5, 5.41) is 0. The molecule has 1 aliphatic rings. The van der Waals surface area contributed by atoms with Crippen molar-refractivity contribution in [1.29, 1.82) is 0 Å². The van der Waals surface area contributed by atoms with Crippen molar-refractivity contribution in [2.75, 3.05) is 80.3 Å². The Morgan fingerprint density at radius 3 is 1.24 bits per heavy atom. The summed E-state index contributed by atoms with van der Waals surface area (Å²) in [7, 11) is 2.43. The number of ether oxygens (including phenoxy) is 8. The van der Waals surface area contributed by atoms with E-state index in [-0.39, 0.29) is 49.3 Å².